The molecule has 3 rings (SSSR count). The van der Waals surface area contributed by atoms with Gasteiger partial charge in [0.2, 0.25) is 0 Å². The fourth-order valence-corrected chi connectivity index (χ4v) is 2.76. The highest BCUT2D eigenvalue weighted by molar-refractivity contribution is 6.32. The largest absolute Gasteiger partial charge is 0.481 e. The number of halogens is 1. The first kappa shape index (κ1) is 19.4. The number of carbonyl (C=O) groups is 3. The second-order valence-electron chi connectivity index (χ2n) is 5.75. The molecule has 0 aliphatic carbocycles. The molecular weight excluding hydrogens is 384 g/mol. The number of carbonyl (C=O) groups excluding carboxylic acids is 3. The van der Waals surface area contributed by atoms with E-state index in [1.54, 1.807) is 49.4 Å². The molecule has 28 heavy (non-hydrogen) atoms. The van der Waals surface area contributed by atoms with Gasteiger partial charge in [0.1, 0.15) is 11.3 Å². The molecule has 1 aliphatic heterocycles. The number of anilines is 1. The van der Waals surface area contributed by atoms with Crippen LogP contribution in [-0.4, -0.2) is 31.0 Å². The lowest BCUT2D eigenvalue weighted by molar-refractivity contribution is -0.145. The molecule has 2 amide bonds. The zero-order valence-electron chi connectivity index (χ0n) is 15.0. The normalized spacial score (nSPS) is 14.9. The number of para-hydroxylation sites is 1. The Balaban J connectivity index is 1.88. The van der Waals surface area contributed by atoms with Gasteiger partial charge >= 0.3 is 5.97 Å². The Kier molecular flexibility index (Phi) is 5.96. The molecule has 0 radical (unpaired) electrons. The van der Waals surface area contributed by atoms with Crippen LogP contribution in [0.25, 0.3) is 6.08 Å². The number of ether oxygens (including phenoxy) is 2. The molecule has 0 bridgehead atoms. The molecule has 1 heterocycles. The van der Waals surface area contributed by atoms with E-state index in [0.29, 0.717) is 22.0 Å². The van der Waals surface area contributed by atoms with Crippen LogP contribution in [0.15, 0.2) is 54.1 Å². The monoisotopic (exact) mass is 400 g/mol. The first-order valence-corrected chi connectivity index (χ1v) is 8.87. The molecule has 8 heteroatoms. The van der Waals surface area contributed by atoms with Crippen molar-refractivity contribution in [1.82, 2.24) is 5.43 Å². The quantitative estimate of drug-likeness (QED) is 0.458. The number of nitrogens with one attached hydrogen (secondary N) is 1. The average Bonchev–Trinajstić information content (AvgIpc) is 2.96. The Labute approximate surface area is 166 Å². The molecule has 0 saturated carbocycles. The van der Waals surface area contributed by atoms with E-state index in [1.165, 1.54) is 6.08 Å². The van der Waals surface area contributed by atoms with Gasteiger partial charge in [-0.2, -0.15) is 0 Å². The van der Waals surface area contributed by atoms with Crippen LogP contribution in [0.5, 0.6) is 5.75 Å². The van der Waals surface area contributed by atoms with Crippen molar-refractivity contribution in [2.75, 3.05) is 18.2 Å². The Morgan fingerprint density at radius 2 is 1.93 bits per heavy atom. The number of amides is 2. The summed E-state index contributed by atoms with van der Waals surface area (Å²) in [6.07, 6.45) is 1.38. The lowest BCUT2D eigenvalue weighted by Crippen LogP contribution is -2.35. The summed E-state index contributed by atoms with van der Waals surface area (Å²) >= 11 is 6.04. The zero-order chi connectivity index (χ0) is 20.1. The van der Waals surface area contributed by atoms with Crippen LogP contribution in [0.1, 0.15) is 12.5 Å². The minimum atomic E-state index is -0.551. The number of nitrogens with zero attached hydrogens (tertiary/aromatic N) is 1. The summed E-state index contributed by atoms with van der Waals surface area (Å²) in [5, 5.41) is 1.55. The maximum atomic E-state index is 12.7. The van der Waals surface area contributed by atoms with Gasteiger partial charge in [0.25, 0.3) is 11.8 Å². The van der Waals surface area contributed by atoms with Crippen molar-refractivity contribution in [1.29, 1.82) is 0 Å². The van der Waals surface area contributed by atoms with Gasteiger partial charge in [-0.05, 0) is 43.3 Å². The van der Waals surface area contributed by atoms with Crippen molar-refractivity contribution >= 4 is 41.1 Å². The van der Waals surface area contributed by atoms with Gasteiger partial charge in [0, 0.05) is 10.6 Å². The van der Waals surface area contributed by atoms with Crippen LogP contribution in [0, 0.1) is 0 Å². The van der Waals surface area contributed by atoms with Crippen LogP contribution in [0.2, 0.25) is 5.02 Å². The van der Waals surface area contributed by atoms with E-state index >= 15 is 0 Å². The minimum absolute atomic E-state index is 0.0768. The van der Waals surface area contributed by atoms with Crippen molar-refractivity contribution < 1.29 is 23.9 Å². The smallest absolute Gasteiger partial charge is 0.344 e. The van der Waals surface area contributed by atoms with Crippen molar-refractivity contribution in [2.24, 2.45) is 0 Å². The van der Waals surface area contributed by atoms with Gasteiger partial charge in [-0.1, -0.05) is 29.8 Å². The number of esters is 1. The topological polar surface area (TPSA) is 84.9 Å². The third-order valence-electron chi connectivity index (χ3n) is 3.83. The van der Waals surface area contributed by atoms with E-state index in [0.717, 1.165) is 5.01 Å². The summed E-state index contributed by atoms with van der Waals surface area (Å²) in [4.78, 5) is 36.6. The Hall–Kier alpha value is -3.32. The first-order chi connectivity index (χ1) is 13.5. The van der Waals surface area contributed by atoms with Gasteiger partial charge in [-0.25, -0.2) is 9.80 Å². The predicted octanol–water partition coefficient (Wildman–Crippen LogP) is 2.74. The number of rotatable bonds is 6. The van der Waals surface area contributed by atoms with Crippen molar-refractivity contribution in [3.05, 3.63) is 64.7 Å². The van der Waals surface area contributed by atoms with Crippen molar-refractivity contribution in [3.8, 4) is 5.75 Å². The molecule has 2 aromatic rings. The van der Waals surface area contributed by atoms with Gasteiger partial charge in [0.05, 0.1) is 12.3 Å². The highest BCUT2D eigenvalue weighted by Gasteiger charge is 2.34. The summed E-state index contributed by atoms with van der Waals surface area (Å²) in [6.45, 7) is 1.63. The molecule has 0 spiro atoms. The molecule has 1 fully saturated rings. The molecule has 1 saturated heterocycles. The number of hydrogen-bond acceptors (Lipinski definition) is 5. The minimum Gasteiger partial charge on any atom is -0.481 e. The van der Waals surface area contributed by atoms with E-state index in [4.69, 9.17) is 21.1 Å². The molecule has 1 N–H and O–H groups in total. The molecule has 7 nitrogen and oxygen atoms in total. The summed E-state index contributed by atoms with van der Waals surface area (Å²) < 4.78 is 10.3. The molecule has 2 aromatic carbocycles. The fraction of sp³-hybridized carbons (Fsp3) is 0.150. The van der Waals surface area contributed by atoms with Gasteiger partial charge in [0.15, 0.2) is 6.61 Å². The Morgan fingerprint density at radius 1 is 1.18 bits per heavy atom. The van der Waals surface area contributed by atoms with Crippen LogP contribution in [0.4, 0.5) is 5.69 Å². The Morgan fingerprint density at radius 3 is 2.64 bits per heavy atom. The van der Waals surface area contributed by atoms with E-state index < -0.39 is 17.8 Å². The molecule has 0 aromatic heterocycles. The molecule has 0 atom stereocenters. The van der Waals surface area contributed by atoms with Gasteiger partial charge < -0.3 is 9.47 Å². The average molecular weight is 401 g/mol. The standard InChI is InChI=1S/C20H17ClN2O5/c1-2-27-18(24)12-28-17-9-8-14(21)10-13(17)11-16-19(25)22-23(20(16)26)15-6-4-3-5-7-15/h3-11H,2,12H2,1H3,(H,22,25). The van der Waals surface area contributed by atoms with Crippen LogP contribution in [-0.2, 0) is 19.1 Å². The Bertz CT molecular complexity index is 943. The highest BCUT2D eigenvalue weighted by Crippen LogP contribution is 2.28. The summed E-state index contributed by atoms with van der Waals surface area (Å²) in [6, 6.07) is 13.4. The maximum Gasteiger partial charge on any atom is 0.344 e. The van der Waals surface area contributed by atoms with E-state index in [2.05, 4.69) is 5.43 Å². The third-order valence-corrected chi connectivity index (χ3v) is 4.06. The maximum absolute atomic E-state index is 12.7. The fourth-order valence-electron chi connectivity index (χ4n) is 2.57. The molecule has 144 valence electrons. The van der Waals surface area contributed by atoms with Crippen molar-refractivity contribution in [2.45, 2.75) is 6.92 Å². The molecule has 0 unspecified atom stereocenters. The molecular formula is C20H17ClN2O5. The number of benzene rings is 2. The van der Waals surface area contributed by atoms with E-state index in [1.807, 2.05) is 6.07 Å². The van der Waals surface area contributed by atoms with Crippen LogP contribution < -0.4 is 15.2 Å². The van der Waals surface area contributed by atoms with Crippen molar-refractivity contribution in [3.63, 3.8) is 0 Å². The summed E-state index contributed by atoms with van der Waals surface area (Å²) in [5.74, 6) is -1.29. The lowest BCUT2D eigenvalue weighted by atomic mass is 10.1. The predicted molar refractivity (Wildman–Crippen MR) is 104 cm³/mol. The zero-order valence-corrected chi connectivity index (χ0v) is 15.7. The number of hydrogen-bond donors (Lipinski definition) is 1. The van der Waals surface area contributed by atoms with Gasteiger partial charge in [-0.15, -0.1) is 0 Å². The molecule has 1 aliphatic rings. The number of hydrazine groups is 1. The SMILES string of the molecule is CCOC(=O)COc1ccc(Cl)cc1C=C1C(=O)NN(c2ccccc2)C1=O. The lowest BCUT2D eigenvalue weighted by Gasteiger charge is -2.14. The highest BCUT2D eigenvalue weighted by atomic mass is 35.5. The van der Waals surface area contributed by atoms with Crippen LogP contribution in [0.3, 0.4) is 0 Å². The van der Waals surface area contributed by atoms with E-state index in [9.17, 15) is 14.4 Å². The van der Waals surface area contributed by atoms with Gasteiger partial charge in [-0.3, -0.25) is 15.0 Å². The van der Waals surface area contributed by atoms with Crippen LogP contribution >= 0.6 is 11.6 Å². The second kappa shape index (κ2) is 8.58. The third kappa shape index (κ3) is 4.32. The van der Waals surface area contributed by atoms with E-state index in [-0.39, 0.29) is 18.8 Å². The summed E-state index contributed by atoms with van der Waals surface area (Å²) in [5.41, 5.74) is 3.37. The first-order valence-electron chi connectivity index (χ1n) is 8.49. The summed E-state index contributed by atoms with van der Waals surface area (Å²) in [7, 11) is 0. The second-order valence-corrected chi connectivity index (χ2v) is 6.19.